The van der Waals surface area contributed by atoms with Crippen LogP contribution in [0.1, 0.15) is 38.7 Å². The van der Waals surface area contributed by atoms with Gasteiger partial charge in [-0.05, 0) is 25.2 Å². The Morgan fingerprint density at radius 3 is 2.90 bits per heavy atom. The van der Waals surface area contributed by atoms with Crippen molar-refractivity contribution in [3.05, 3.63) is 5.56 Å². The summed E-state index contributed by atoms with van der Waals surface area (Å²) in [7, 11) is 0. The molecule has 1 aliphatic heterocycles. The molecule has 1 saturated heterocycles. The third kappa shape index (κ3) is 2.73. The third-order valence-electron chi connectivity index (χ3n) is 3.86. The predicted molar refractivity (Wildman–Crippen MR) is 78.3 cm³/mol. The third-order valence-corrected chi connectivity index (χ3v) is 3.86. The number of aryl methyl sites for hydroxylation is 1. The number of aliphatic hydroxyl groups is 1. The second-order valence-corrected chi connectivity index (χ2v) is 5.77. The molecule has 0 spiro atoms. The van der Waals surface area contributed by atoms with Crippen LogP contribution in [0, 0.1) is 17.2 Å². The summed E-state index contributed by atoms with van der Waals surface area (Å²) >= 11 is 0. The fraction of sp³-hybridized carbons (Fsp3) is 0.714. The first kappa shape index (κ1) is 14.7. The lowest BCUT2D eigenvalue weighted by molar-refractivity contribution is 0.266. The molecular formula is C14H23N5O. The maximum Gasteiger partial charge on any atom is 0.171 e. The number of hydrogen-bond acceptors (Lipinski definition) is 5. The maximum atomic E-state index is 9.42. The molecule has 0 radical (unpaired) electrons. The maximum absolute atomic E-state index is 9.42. The molecule has 1 aromatic heterocycles. The normalized spacial score (nSPS) is 18.8. The summed E-state index contributed by atoms with van der Waals surface area (Å²) in [5, 5.41) is 23.3. The van der Waals surface area contributed by atoms with Crippen molar-refractivity contribution in [3.63, 3.8) is 0 Å². The quantitative estimate of drug-likeness (QED) is 0.847. The molecule has 2 heterocycles. The summed E-state index contributed by atoms with van der Waals surface area (Å²) in [6, 6.07) is 2.21. The largest absolute Gasteiger partial charge is 0.394 e. The molecule has 3 N–H and O–H groups in total. The van der Waals surface area contributed by atoms with Crippen LogP contribution in [0.3, 0.4) is 0 Å². The van der Waals surface area contributed by atoms with Crippen LogP contribution in [0.2, 0.25) is 0 Å². The van der Waals surface area contributed by atoms with Gasteiger partial charge in [0, 0.05) is 13.1 Å². The van der Waals surface area contributed by atoms with Gasteiger partial charge in [-0.1, -0.05) is 13.8 Å². The van der Waals surface area contributed by atoms with Crippen LogP contribution < -0.4 is 10.6 Å². The van der Waals surface area contributed by atoms with Crippen LogP contribution in [0.5, 0.6) is 0 Å². The summed E-state index contributed by atoms with van der Waals surface area (Å²) in [6.45, 7) is 5.92. The molecule has 20 heavy (non-hydrogen) atoms. The molecule has 0 bridgehead atoms. The van der Waals surface area contributed by atoms with Gasteiger partial charge in [-0.15, -0.1) is 0 Å². The zero-order valence-electron chi connectivity index (χ0n) is 12.2. The molecule has 1 aromatic rings. The summed E-state index contributed by atoms with van der Waals surface area (Å²) in [5.74, 6) is 1.63. The number of aliphatic hydroxyl groups excluding tert-OH is 1. The van der Waals surface area contributed by atoms with Crippen molar-refractivity contribution in [1.82, 2.24) is 9.78 Å². The van der Waals surface area contributed by atoms with Crippen LogP contribution >= 0.6 is 0 Å². The molecule has 0 aliphatic carbocycles. The second-order valence-electron chi connectivity index (χ2n) is 5.77. The highest BCUT2D eigenvalue weighted by atomic mass is 16.3. The lowest BCUT2D eigenvalue weighted by Gasteiger charge is -2.22. The summed E-state index contributed by atoms with van der Waals surface area (Å²) < 4.78 is 1.72. The van der Waals surface area contributed by atoms with E-state index in [9.17, 15) is 10.4 Å². The topological polar surface area (TPSA) is 91.1 Å². The first-order valence-electron chi connectivity index (χ1n) is 7.22. The first-order valence-corrected chi connectivity index (χ1v) is 7.22. The lowest BCUT2D eigenvalue weighted by Crippen LogP contribution is -2.33. The highest BCUT2D eigenvalue weighted by molar-refractivity contribution is 5.65. The highest BCUT2D eigenvalue weighted by Crippen LogP contribution is 2.30. The number of rotatable bonds is 5. The van der Waals surface area contributed by atoms with Crippen LogP contribution in [0.25, 0.3) is 0 Å². The fourth-order valence-corrected chi connectivity index (χ4v) is 2.63. The van der Waals surface area contributed by atoms with Gasteiger partial charge in [-0.25, -0.2) is 4.68 Å². The second kappa shape index (κ2) is 6.14. The van der Waals surface area contributed by atoms with E-state index in [0.717, 1.165) is 32.4 Å². The van der Waals surface area contributed by atoms with Crippen molar-refractivity contribution >= 4 is 11.6 Å². The number of nitrogens with two attached hydrogens (primary N) is 1. The van der Waals surface area contributed by atoms with Gasteiger partial charge in [-0.3, -0.25) is 0 Å². The smallest absolute Gasteiger partial charge is 0.171 e. The van der Waals surface area contributed by atoms with Crippen molar-refractivity contribution in [2.45, 2.75) is 45.7 Å². The monoisotopic (exact) mass is 277 g/mol. The van der Waals surface area contributed by atoms with Gasteiger partial charge in [0.25, 0.3) is 0 Å². The van der Waals surface area contributed by atoms with Crippen molar-refractivity contribution in [1.29, 1.82) is 5.26 Å². The molecule has 1 fully saturated rings. The van der Waals surface area contributed by atoms with Gasteiger partial charge in [0.05, 0.1) is 12.6 Å². The molecule has 1 unspecified atom stereocenters. The average Bonchev–Trinajstić information content (AvgIpc) is 3.00. The van der Waals surface area contributed by atoms with E-state index in [4.69, 9.17) is 5.73 Å². The number of nitrogens with zero attached hydrogens (tertiary/aromatic N) is 4. The van der Waals surface area contributed by atoms with Gasteiger partial charge in [0.2, 0.25) is 0 Å². The molecule has 1 aliphatic rings. The first-order chi connectivity index (χ1) is 9.58. The molecule has 2 rings (SSSR count). The van der Waals surface area contributed by atoms with E-state index in [1.807, 2.05) is 4.90 Å². The SMILES string of the molecule is CC(C)CCn1nc(N2CCCC2CO)c(C#N)c1N. The molecule has 0 saturated carbocycles. The minimum atomic E-state index is 0.0509. The molecule has 1 atom stereocenters. The van der Waals surface area contributed by atoms with Crippen molar-refractivity contribution in [2.75, 3.05) is 23.8 Å². The Bertz CT molecular complexity index is 502. The molecule has 0 aromatic carbocycles. The van der Waals surface area contributed by atoms with Crippen LogP contribution in [-0.2, 0) is 6.54 Å². The Labute approximate surface area is 119 Å². The number of aromatic nitrogens is 2. The molecule has 0 amide bonds. The van der Waals surface area contributed by atoms with E-state index in [0.29, 0.717) is 23.1 Å². The van der Waals surface area contributed by atoms with Gasteiger partial charge in [-0.2, -0.15) is 10.4 Å². The number of nitrogen functional groups attached to an aromatic ring is 1. The predicted octanol–water partition coefficient (Wildman–Crippen LogP) is 1.34. The van der Waals surface area contributed by atoms with Crippen molar-refractivity contribution in [2.24, 2.45) is 5.92 Å². The zero-order valence-corrected chi connectivity index (χ0v) is 12.2. The molecule has 6 heteroatoms. The molecular weight excluding hydrogens is 254 g/mol. The number of anilines is 2. The van der Waals surface area contributed by atoms with Crippen LogP contribution in [-0.4, -0.2) is 34.1 Å². The van der Waals surface area contributed by atoms with Gasteiger partial charge in [0.15, 0.2) is 5.82 Å². The Morgan fingerprint density at radius 2 is 2.30 bits per heavy atom. The van der Waals surface area contributed by atoms with Crippen LogP contribution in [0.4, 0.5) is 11.6 Å². The molecule has 6 nitrogen and oxygen atoms in total. The Morgan fingerprint density at radius 1 is 1.55 bits per heavy atom. The van der Waals surface area contributed by atoms with Gasteiger partial charge < -0.3 is 15.7 Å². The Kier molecular flexibility index (Phi) is 4.50. The van der Waals surface area contributed by atoms with Crippen molar-refractivity contribution < 1.29 is 5.11 Å². The van der Waals surface area contributed by atoms with E-state index < -0.39 is 0 Å². The molecule has 110 valence electrons. The zero-order chi connectivity index (χ0) is 14.7. The lowest BCUT2D eigenvalue weighted by atomic mass is 10.1. The van der Waals surface area contributed by atoms with E-state index in [2.05, 4.69) is 25.0 Å². The van der Waals surface area contributed by atoms with Gasteiger partial charge in [0.1, 0.15) is 17.5 Å². The summed E-state index contributed by atoms with van der Waals surface area (Å²) in [4.78, 5) is 2.01. The Balaban J connectivity index is 2.29. The van der Waals surface area contributed by atoms with E-state index in [1.54, 1.807) is 4.68 Å². The van der Waals surface area contributed by atoms with E-state index in [-0.39, 0.29) is 12.6 Å². The van der Waals surface area contributed by atoms with E-state index in [1.165, 1.54) is 0 Å². The summed E-state index contributed by atoms with van der Waals surface area (Å²) in [5.41, 5.74) is 6.48. The minimum Gasteiger partial charge on any atom is -0.394 e. The number of nitriles is 1. The standard InChI is InChI=1S/C14H23N5O/c1-10(2)5-7-19-13(16)12(8-15)14(17-19)18-6-3-4-11(18)9-20/h10-11,20H,3-7,9,16H2,1-2H3. The highest BCUT2D eigenvalue weighted by Gasteiger charge is 2.29. The van der Waals surface area contributed by atoms with Gasteiger partial charge >= 0.3 is 0 Å². The minimum absolute atomic E-state index is 0.0509. The fourth-order valence-electron chi connectivity index (χ4n) is 2.63. The average molecular weight is 277 g/mol. The van der Waals surface area contributed by atoms with Crippen molar-refractivity contribution in [3.8, 4) is 6.07 Å². The Hall–Kier alpha value is -1.74. The number of hydrogen-bond donors (Lipinski definition) is 2. The summed E-state index contributed by atoms with van der Waals surface area (Å²) in [6.07, 6.45) is 2.91. The van der Waals surface area contributed by atoms with E-state index >= 15 is 0 Å². The van der Waals surface area contributed by atoms with Crippen LogP contribution in [0.15, 0.2) is 0 Å².